The monoisotopic (exact) mass is 230 g/mol. The molecule has 0 aliphatic rings. The average Bonchev–Trinajstić information content (AvgIpc) is 1.96. The van der Waals surface area contributed by atoms with Crippen LogP contribution in [0.3, 0.4) is 0 Å². The van der Waals surface area contributed by atoms with E-state index in [4.69, 9.17) is 5.73 Å². The summed E-state index contributed by atoms with van der Waals surface area (Å²) in [5.41, 5.74) is 6.32. The lowest BCUT2D eigenvalue weighted by Gasteiger charge is -2.07. The Hall–Kier alpha value is -0.770. The third-order valence-electron chi connectivity index (χ3n) is 1.63. The van der Waals surface area contributed by atoms with Crippen LogP contribution in [0.1, 0.15) is 25.5 Å². The van der Waals surface area contributed by atoms with E-state index in [1.165, 1.54) is 0 Å². The fourth-order valence-corrected chi connectivity index (χ4v) is 1.76. The van der Waals surface area contributed by atoms with Crippen LogP contribution in [0, 0.1) is 0 Å². The Balaban J connectivity index is 3.33. The van der Waals surface area contributed by atoms with Crippen molar-refractivity contribution in [2.24, 2.45) is 0 Å². The Morgan fingerprint density at radius 2 is 2.17 bits per heavy atom. The molecule has 1 aromatic heterocycles. The number of aromatic amines is 1. The minimum Gasteiger partial charge on any atom is -0.394 e. The van der Waals surface area contributed by atoms with Gasteiger partial charge in [0.05, 0.1) is 5.69 Å². The number of nitrogens with two attached hydrogens (primary N) is 1. The standard InChI is InChI=1S/C8H11BrN2O/c1-4(2)7-5(9)3-6(10)8(12)11-7/h3-4H,10H2,1-2H3,(H,11,12). The predicted octanol–water partition coefficient (Wildman–Crippen LogP) is 1.84. The van der Waals surface area contributed by atoms with Crippen LogP contribution < -0.4 is 11.3 Å². The molecule has 0 saturated heterocycles. The van der Waals surface area contributed by atoms with Crippen LogP contribution in [0.15, 0.2) is 15.3 Å². The summed E-state index contributed by atoms with van der Waals surface area (Å²) in [6.07, 6.45) is 0. The summed E-state index contributed by atoms with van der Waals surface area (Å²) in [4.78, 5) is 13.8. The molecule has 3 N–H and O–H groups in total. The molecular weight excluding hydrogens is 220 g/mol. The Bertz CT molecular complexity index is 343. The summed E-state index contributed by atoms with van der Waals surface area (Å²) in [6.45, 7) is 4.01. The second kappa shape index (κ2) is 3.31. The minimum absolute atomic E-state index is 0.220. The summed E-state index contributed by atoms with van der Waals surface area (Å²) in [7, 11) is 0. The Kier molecular flexibility index (Phi) is 2.57. The maximum atomic E-state index is 11.1. The van der Waals surface area contributed by atoms with Gasteiger partial charge in [0.2, 0.25) is 0 Å². The molecule has 0 spiro atoms. The van der Waals surface area contributed by atoms with Crippen LogP contribution in [-0.4, -0.2) is 4.98 Å². The zero-order chi connectivity index (χ0) is 9.30. The number of hydrogen-bond donors (Lipinski definition) is 2. The second-order valence-electron chi connectivity index (χ2n) is 2.97. The highest BCUT2D eigenvalue weighted by molar-refractivity contribution is 9.10. The number of nitrogens with one attached hydrogen (secondary N) is 1. The smallest absolute Gasteiger partial charge is 0.271 e. The fourth-order valence-electron chi connectivity index (χ4n) is 0.954. The molecule has 0 aliphatic carbocycles. The lowest BCUT2D eigenvalue weighted by molar-refractivity contribution is 0.810. The number of nitrogen functional groups attached to an aromatic ring is 1. The van der Waals surface area contributed by atoms with E-state index in [-0.39, 0.29) is 17.2 Å². The second-order valence-corrected chi connectivity index (χ2v) is 3.82. The van der Waals surface area contributed by atoms with Gasteiger partial charge in [-0.3, -0.25) is 4.79 Å². The Morgan fingerprint density at radius 3 is 2.67 bits per heavy atom. The Morgan fingerprint density at radius 1 is 1.58 bits per heavy atom. The van der Waals surface area contributed by atoms with Gasteiger partial charge >= 0.3 is 0 Å². The van der Waals surface area contributed by atoms with E-state index in [0.29, 0.717) is 0 Å². The van der Waals surface area contributed by atoms with Gasteiger partial charge in [-0.05, 0) is 27.9 Å². The average molecular weight is 231 g/mol. The van der Waals surface area contributed by atoms with Crippen molar-refractivity contribution in [1.82, 2.24) is 4.98 Å². The molecular formula is C8H11BrN2O. The minimum atomic E-state index is -0.220. The number of H-pyrrole nitrogens is 1. The van der Waals surface area contributed by atoms with Crippen molar-refractivity contribution in [3.63, 3.8) is 0 Å². The highest BCUT2D eigenvalue weighted by Gasteiger charge is 2.06. The first kappa shape index (κ1) is 9.32. The largest absolute Gasteiger partial charge is 0.394 e. The van der Waals surface area contributed by atoms with E-state index < -0.39 is 0 Å². The van der Waals surface area contributed by atoms with Gasteiger partial charge in [-0.2, -0.15) is 0 Å². The molecule has 0 radical (unpaired) electrons. The van der Waals surface area contributed by atoms with Crippen LogP contribution in [0.5, 0.6) is 0 Å². The van der Waals surface area contributed by atoms with Crippen molar-refractivity contribution in [3.8, 4) is 0 Å². The summed E-state index contributed by atoms with van der Waals surface area (Å²) in [5, 5.41) is 0. The third-order valence-corrected chi connectivity index (χ3v) is 2.28. The van der Waals surface area contributed by atoms with Crippen molar-refractivity contribution in [1.29, 1.82) is 0 Å². The number of halogens is 1. The van der Waals surface area contributed by atoms with Gasteiger partial charge in [0.25, 0.3) is 5.56 Å². The molecule has 1 rings (SSSR count). The summed E-state index contributed by atoms with van der Waals surface area (Å²) in [6, 6.07) is 1.63. The van der Waals surface area contributed by atoms with Crippen LogP contribution in [0.2, 0.25) is 0 Å². The first-order valence-corrected chi connectivity index (χ1v) is 4.50. The molecule has 1 heterocycles. The molecule has 1 aromatic rings. The van der Waals surface area contributed by atoms with Crippen LogP contribution in [0.25, 0.3) is 0 Å². The number of anilines is 1. The van der Waals surface area contributed by atoms with E-state index in [2.05, 4.69) is 20.9 Å². The summed E-state index contributed by atoms with van der Waals surface area (Å²) < 4.78 is 0.856. The first-order valence-electron chi connectivity index (χ1n) is 3.70. The van der Waals surface area contributed by atoms with Crippen LogP contribution in [0.4, 0.5) is 5.69 Å². The maximum absolute atomic E-state index is 11.1. The van der Waals surface area contributed by atoms with Crippen molar-refractivity contribution in [2.75, 3.05) is 5.73 Å². The van der Waals surface area contributed by atoms with Crippen molar-refractivity contribution >= 4 is 21.6 Å². The molecule has 4 heteroatoms. The van der Waals surface area contributed by atoms with E-state index in [0.717, 1.165) is 10.2 Å². The number of aromatic nitrogens is 1. The van der Waals surface area contributed by atoms with E-state index in [1.54, 1.807) is 6.07 Å². The normalized spacial score (nSPS) is 10.7. The van der Waals surface area contributed by atoms with E-state index >= 15 is 0 Å². The molecule has 0 unspecified atom stereocenters. The van der Waals surface area contributed by atoms with Gasteiger partial charge in [-0.25, -0.2) is 0 Å². The lowest BCUT2D eigenvalue weighted by Crippen LogP contribution is -2.14. The van der Waals surface area contributed by atoms with Gasteiger partial charge in [0.15, 0.2) is 0 Å². The van der Waals surface area contributed by atoms with E-state index in [1.807, 2.05) is 13.8 Å². The molecule has 0 saturated carbocycles. The molecule has 3 nitrogen and oxygen atoms in total. The quantitative estimate of drug-likeness (QED) is 0.774. The van der Waals surface area contributed by atoms with Gasteiger partial charge < -0.3 is 10.7 Å². The van der Waals surface area contributed by atoms with Crippen molar-refractivity contribution in [3.05, 3.63) is 26.6 Å². The number of pyridine rings is 1. The lowest BCUT2D eigenvalue weighted by atomic mass is 10.1. The molecule has 0 aromatic carbocycles. The van der Waals surface area contributed by atoms with E-state index in [9.17, 15) is 4.79 Å². The third kappa shape index (κ3) is 1.69. The maximum Gasteiger partial charge on any atom is 0.271 e. The van der Waals surface area contributed by atoms with Gasteiger partial charge in [-0.1, -0.05) is 13.8 Å². The molecule has 0 aliphatic heterocycles. The zero-order valence-corrected chi connectivity index (χ0v) is 8.60. The topological polar surface area (TPSA) is 58.9 Å². The zero-order valence-electron chi connectivity index (χ0n) is 7.02. The van der Waals surface area contributed by atoms with Crippen LogP contribution in [-0.2, 0) is 0 Å². The molecule has 66 valence electrons. The van der Waals surface area contributed by atoms with Gasteiger partial charge in [-0.15, -0.1) is 0 Å². The number of rotatable bonds is 1. The summed E-state index contributed by atoms with van der Waals surface area (Å²) in [5.74, 6) is 0.285. The van der Waals surface area contributed by atoms with Crippen molar-refractivity contribution in [2.45, 2.75) is 19.8 Å². The first-order chi connectivity index (χ1) is 5.52. The highest BCUT2D eigenvalue weighted by atomic mass is 79.9. The predicted molar refractivity (Wildman–Crippen MR) is 53.3 cm³/mol. The van der Waals surface area contributed by atoms with Crippen LogP contribution >= 0.6 is 15.9 Å². The number of hydrogen-bond acceptors (Lipinski definition) is 2. The van der Waals surface area contributed by atoms with Gasteiger partial charge in [0.1, 0.15) is 0 Å². The molecule has 0 amide bonds. The highest BCUT2D eigenvalue weighted by Crippen LogP contribution is 2.21. The molecule has 0 atom stereocenters. The SMILES string of the molecule is CC(C)c1[nH]c(=O)c(N)cc1Br. The van der Waals surface area contributed by atoms with Crippen molar-refractivity contribution < 1.29 is 0 Å². The van der Waals surface area contributed by atoms with Gasteiger partial charge in [0, 0.05) is 10.2 Å². The Labute approximate surface area is 79.1 Å². The molecule has 12 heavy (non-hydrogen) atoms. The molecule has 0 bridgehead atoms. The summed E-state index contributed by atoms with van der Waals surface area (Å²) >= 11 is 3.33. The fraction of sp³-hybridized carbons (Fsp3) is 0.375. The molecule has 0 fully saturated rings.